The molecule has 121 heavy (non-hydrogen) atoms. The van der Waals surface area contributed by atoms with Crippen LogP contribution in [-0.4, -0.2) is 198 Å². The summed E-state index contributed by atoms with van der Waals surface area (Å²) < 4.78 is 62.5. The van der Waals surface area contributed by atoms with Crippen LogP contribution in [0.25, 0.3) is 45.0 Å². The van der Waals surface area contributed by atoms with Gasteiger partial charge in [-0.25, -0.2) is 31.5 Å². The molecule has 7 heterocycles. The third-order valence-corrected chi connectivity index (χ3v) is 22.9. The van der Waals surface area contributed by atoms with E-state index in [9.17, 15) is 36.0 Å². The lowest BCUT2D eigenvalue weighted by molar-refractivity contribution is 0.0398. The molecule has 0 aliphatic carbocycles. The van der Waals surface area contributed by atoms with E-state index >= 15 is 0 Å². The molecule has 628 valence electrons. The highest BCUT2D eigenvalue weighted by atomic mass is 35.5. The molecule has 1 saturated heterocycles. The zero-order valence-corrected chi connectivity index (χ0v) is 72.0. The third kappa shape index (κ3) is 28.3. The SMILES string of the molecule is CN(C)CCCS(=O)(=O)c1ccc(C(=O)Nc2ccc(Cl)c(-c3ccccn3)c2)cc1.CN(C)CCNS(=O)(=O)c1ccc(C(=O)Nc2ccc(Cl)c(-c3ccccn3)c2)cc1.COCCNc1ccc(C(=O)Nc2ccc(Cl)c(-c3ccccn3)c2)cn1.Cc1nc(NCCN2CCOCC2)ccc1C(=O)Nc1ccc(Cl)c(-c2ccccn2)c1. The highest BCUT2D eigenvalue weighted by molar-refractivity contribution is 7.91. The van der Waals surface area contributed by atoms with Crippen LogP contribution in [-0.2, 0) is 29.3 Å². The van der Waals surface area contributed by atoms with E-state index in [4.69, 9.17) is 55.9 Å². The van der Waals surface area contributed by atoms with E-state index in [0.717, 1.165) is 67.7 Å². The number of carbonyl (C=O) groups is 4. The Hall–Kier alpha value is -11.5. The van der Waals surface area contributed by atoms with Crippen molar-refractivity contribution in [1.29, 1.82) is 0 Å². The standard InChI is InChI=1S/C24H26ClN5O2.C23H24ClN3O3S.C22H23ClN4O3S.C20H19ClN4O2/c1-17-19(6-8-23(28-17)27-10-11-30-12-14-32-15-13-30)24(31)29-18-5-7-21(25)20(16-18)22-4-2-3-9-26-22;1-27(2)14-5-15-31(29,30)19-10-7-17(8-11-19)23(28)26-18-9-12-21(24)20(16-18)22-6-3-4-13-25-22;1-27(2)14-13-25-31(29,30)18-9-6-16(7-10-18)22(28)26-17-8-11-20(23)19(15-17)21-5-3-4-12-24-21;1-27-11-10-23-19-8-5-14(13-24-19)20(26)25-15-6-7-17(21)16(12-15)18-4-2-3-9-22-18/h2-9,16H,10-15H2,1H3,(H,27,28)(H,29,31);3-4,6-13,16H,5,14-15H2,1-2H3,(H,26,28);3-12,15,25H,13-14H2,1-2H3,(H,26,28);2-9,12-13H,10-11H2,1H3,(H,23,24)(H,25,26). The number of pyridine rings is 6. The highest BCUT2D eigenvalue weighted by Gasteiger charge is 2.21. The fourth-order valence-electron chi connectivity index (χ4n) is 11.8. The number of sulfone groups is 1. The van der Waals surface area contributed by atoms with E-state index in [1.807, 2.05) is 130 Å². The molecule has 6 aromatic heterocycles. The van der Waals surface area contributed by atoms with Crippen LogP contribution in [0, 0.1) is 6.92 Å². The third-order valence-electron chi connectivity index (χ3n) is 18.2. The molecule has 4 amide bonds. The van der Waals surface area contributed by atoms with Gasteiger partial charge in [0.25, 0.3) is 23.6 Å². The van der Waals surface area contributed by atoms with Crippen molar-refractivity contribution in [3.8, 4) is 45.0 Å². The van der Waals surface area contributed by atoms with E-state index < -0.39 is 19.9 Å². The van der Waals surface area contributed by atoms with Gasteiger partial charge in [-0.2, -0.15) is 0 Å². The van der Waals surface area contributed by atoms with Crippen molar-refractivity contribution in [2.24, 2.45) is 0 Å². The summed E-state index contributed by atoms with van der Waals surface area (Å²) in [6.07, 6.45) is 8.83. The minimum atomic E-state index is -3.63. The first-order valence-electron chi connectivity index (χ1n) is 38.3. The number of morpholine rings is 1. The average molecular weight is 1750 g/mol. The summed E-state index contributed by atoms with van der Waals surface area (Å²) in [6, 6.07) is 62.0. The Kier molecular flexibility index (Phi) is 34.7. The van der Waals surface area contributed by atoms with Crippen molar-refractivity contribution in [3.63, 3.8) is 0 Å². The van der Waals surface area contributed by atoms with Gasteiger partial charge in [0.15, 0.2) is 9.84 Å². The fourth-order valence-corrected chi connectivity index (χ4v) is 15.0. The second-order valence-electron chi connectivity index (χ2n) is 27.7. The van der Waals surface area contributed by atoms with Gasteiger partial charge >= 0.3 is 0 Å². The summed E-state index contributed by atoms with van der Waals surface area (Å²) in [5.41, 5.74) is 10.6. The van der Waals surface area contributed by atoms with Crippen molar-refractivity contribution >= 4 is 124 Å². The lowest BCUT2D eigenvalue weighted by atomic mass is 10.1. The van der Waals surface area contributed by atoms with E-state index in [1.54, 1.807) is 117 Å². The zero-order valence-electron chi connectivity index (χ0n) is 67.3. The van der Waals surface area contributed by atoms with Gasteiger partial charge in [0.05, 0.1) is 95.1 Å². The van der Waals surface area contributed by atoms with Crippen LogP contribution in [0.5, 0.6) is 0 Å². The molecule has 0 unspecified atom stereocenters. The smallest absolute Gasteiger partial charge is 0.257 e. The molecule has 6 aromatic carbocycles. The van der Waals surface area contributed by atoms with Crippen LogP contribution in [0.1, 0.15) is 53.5 Å². The number of anilines is 6. The van der Waals surface area contributed by atoms with E-state index in [-0.39, 0.29) is 39.2 Å². The van der Waals surface area contributed by atoms with Crippen LogP contribution in [0.3, 0.4) is 0 Å². The van der Waals surface area contributed by atoms with Crippen molar-refractivity contribution in [2.45, 2.75) is 23.1 Å². The largest absolute Gasteiger partial charge is 0.383 e. The van der Waals surface area contributed by atoms with Gasteiger partial charge in [-0.05, 0) is 242 Å². The Balaban J connectivity index is 0.000000170. The molecule has 0 bridgehead atoms. The fraction of sp³-hybridized carbons (Fsp3) is 0.213. The number of aryl methyl sites for hydroxylation is 1. The molecule has 32 heteroatoms. The number of hydrogen-bond donors (Lipinski definition) is 7. The summed E-state index contributed by atoms with van der Waals surface area (Å²) in [5, 5.41) is 20.1. The molecular formula is C89H92Cl4N16O10S2. The number of hydrogen-bond acceptors (Lipinski definition) is 21. The lowest BCUT2D eigenvalue weighted by Gasteiger charge is -2.26. The number of nitrogens with one attached hydrogen (secondary N) is 7. The Morgan fingerprint density at radius 3 is 1.26 bits per heavy atom. The average Bonchev–Trinajstić information content (AvgIpc) is 0.821. The zero-order chi connectivity index (χ0) is 86.3. The Bertz CT molecular complexity index is 5480. The number of nitrogens with zero attached hydrogens (tertiary/aromatic N) is 9. The van der Waals surface area contributed by atoms with Gasteiger partial charge < -0.3 is 51.2 Å². The molecule has 1 aliphatic rings. The number of amides is 4. The maximum atomic E-state index is 12.9. The van der Waals surface area contributed by atoms with Gasteiger partial charge in [-0.15, -0.1) is 0 Å². The number of benzene rings is 6. The van der Waals surface area contributed by atoms with Gasteiger partial charge in [-0.1, -0.05) is 70.7 Å². The lowest BCUT2D eigenvalue weighted by Crippen LogP contribution is -2.39. The first-order chi connectivity index (χ1) is 58.3. The van der Waals surface area contributed by atoms with E-state index in [1.165, 1.54) is 54.7 Å². The number of likely N-dealkylation sites (N-methyl/N-ethyl adjacent to an activating group) is 1. The van der Waals surface area contributed by atoms with Crippen LogP contribution in [0.2, 0.25) is 20.1 Å². The van der Waals surface area contributed by atoms with Crippen LogP contribution in [0.15, 0.2) is 259 Å². The maximum Gasteiger partial charge on any atom is 0.257 e. The molecule has 0 spiro atoms. The molecule has 0 atom stereocenters. The molecular weight excluding hydrogens is 1660 g/mol. The van der Waals surface area contributed by atoms with Gasteiger partial charge in [0.2, 0.25) is 10.0 Å². The first-order valence-corrected chi connectivity index (χ1v) is 43.0. The topological polar surface area (TPSA) is 326 Å². The normalized spacial score (nSPS) is 12.0. The van der Waals surface area contributed by atoms with Crippen LogP contribution in [0.4, 0.5) is 34.4 Å². The highest BCUT2D eigenvalue weighted by Crippen LogP contribution is 2.34. The number of carbonyl (C=O) groups excluding carboxylic acids is 4. The predicted octanol–water partition coefficient (Wildman–Crippen LogP) is 16.1. The number of rotatable bonds is 30. The Labute approximate surface area is 724 Å². The minimum Gasteiger partial charge on any atom is -0.383 e. The van der Waals surface area contributed by atoms with Crippen molar-refractivity contribution in [1.82, 2.24) is 49.3 Å². The Morgan fingerprint density at radius 2 is 0.860 bits per heavy atom. The van der Waals surface area contributed by atoms with Gasteiger partial charge in [-0.3, -0.25) is 44.0 Å². The monoisotopic (exact) mass is 1750 g/mol. The maximum absolute atomic E-state index is 12.9. The van der Waals surface area contributed by atoms with Gasteiger partial charge in [0, 0.05) is 140 Å². The number of aromatic nitrogens is 6. The van der Waals surface area contributed by atoms with E-state index in [0.29, 0.717) is 138 Å². The molecule has 1 aliphatic heterocycles. The molecule has 12 aromatic rings. The summed E-state index contributed by atoms with van der Waals surface area (Å²) >= 11 is 25.2. The second kappa shape index (κ2) is 45.8. The quantitative estimate of drug-likeness (QED) is 0.0206. The molecule has 26 nitrogen and oxygen atoms in total. The molecule has 0 saturated carbocycles. The molecule has 13 rings (SSSR count). The van der Waals surface area contributed by atoms with E-state index in [2.05, 4.69) is 71.4 Å². The molecule has 0 radical (unpaired) electrons. The summed E-state index contributed by atoms with van der Waals surface area (Å²) in [6.45, 7) is 9.87. The second-order valence-corrected chi connectivity index (χ2v) is 33.2. The first kappa shape index (κ1) is 91.8. The summed E-state index contributed by atoms with van der Waals surface area (Å²) in [7, 11) is 2.16. The van der Waals surface area contributed by atoms with Crippen LogP contribution < -0.4 is 36.6 Å². The summed E-state index contributed by atoms with van der Waals surface area (Å²) in [4.78, 5) is 83.1. The minimum absolute atomic E-state index is 0.0673. The molecule has 7 N–H and O–H groups in total. The van der Waals surface area contributed by atoms with Crippen LogP contribution >= 0.6 is 46.4 Å². The van der Waals surface area contributed by atoms with Gasteiger partial charge in [0.1, 0.15) is 11.6 Å². The number of methoxy groups -OCH3 is 1. The number of ether oxygens (including phenoxy) is 2. The Morgan fingerprint density at radius 1 is 0.455 bits per heavy atom. The molecule has 1 fully saturated rings. The number of halogens is 4. The predicted molar refractivity (Wildman–Crippen MR) is 482 cm³/mol. The van der Waals surface area contributed by atoms with Crippen molar-refractivity contribution in [3.05, 3.63) is 297 Å². The number of sulfonamides is 1. The van der Waals surface area contributed by atoms with Crippen molar-refractivity contribution < 1.29 is 45.5 Å². The summed E-state index contributed by atoms with van der Waals surface area (Å²) in [5.74, 6) is 0.343. The van der Waals surface area contributed by atoms with Crippen molar-refractivity contribution in [2.75, 3.05) is 145 Å².